The Labute approximate surface area is 198 Å². The molecule has 1 aliphatic carbocycles. The van der Waals surface area contributed by atoms with Gasteiger partial charge in [-0.15, -0.1) is 0 Å². The third-order valence-corrected chi connectivity index (χ3v) is 6.69. The molecule has 0 aliphatic heterocycles. The zero-order valence-electron chi connectivity index (χ0n) is 19.9. The molecule has 162 valence electrons. The van der Waals surface area contributed by atoms with Crippen LogP contribution in [-0.4, -0.2) is 0 Å². The standard InChI is InChI=1S/C33H30/c1-22-5-13-26(14-6-22)30-21-31(27-15-7-23(2)8-16-27)33(29-19-11-25(4)12-20-29)32(30)28-17-9-24(3)10-18-28/h5-20H,21H2,1-4H3. The van der Waals surface area contributed by atoms with Crippen molar-refractivity contribution in [3.05, 3.63) is 142 Å². The first-order chi connectivity index (χ1) is 16.0. The van der Waals surface area contributed by atoms with Gasteiger partial charge in [-0.2, -0.15) is 0 Å². The second-order valence-electron chi connectivity index (χ2n) is 9.35. The van der Waals surface area contributed by atoms with E-state index < -0.39 is 0 Å². The highest BCUT2D eigenvalue weighted by molar-refractivity contribution is 6.27. The molecular weight excluding hydrogens is 396 g/mol. The van der Waals surface area contributed by atoms with Crippen molar-refractivity contribution in [1.82, 2.24) is 0 Å². The van der Waals surface area contributed by atoms with Crippen molar-refractivity contribution >= 4 is 22.3 Å². The van der Waals surface area contributed by atoms with Crippen molar-refractivity contribution in [2.75, 3.05) is 0 Å². The maximum absolute atomic E-state index is 2.28. The molecule has 0 saturated carbocycles. The Bertz CT molecular complexity index is 1230. The Kier molecular flexibility index (Phi) is 5.60. The molecule has 33 heavy (non-hydrogen) atoms. The normalized spacial score (nSPS) is 13.7. The maximum Gasteiger partial charge on any atom is -0.000111 e. The lowest BCUT2D eigenvalue weighted by Gasteiger charge is -2.15. The van der Waals surface area contributed by atoms with Crippen LogP contribution in [0.5, 0.6) is 0 Å². The van der Waals surface area contributed by atoms with E-state index in [2.05, 4.69) is 125 Å². The van der Waals surface area contributed by atoms with Crippen LogP contribution in [0, 0.1) is 27.7 Å². The summed E-state index contributed by atoms with van der Waals surface area (Å²) in [6.45, 7) is 8.62. The smallest absolute Gasteiger partial charge is 0.000111 e. The number of benzene rings is 4. The third-order valence-electron chi connectivity index (χ3n) is 6.69. The fraction of sp³-hybridized carbons (Fsp3) is 0.152. The number of allylic oxidation sites excluding steroid dienone is 4. The summed E-state index contributed by atoms with van der Waals surface area (Å²) in [7, 11) is 0. The maximum atomic E-state index is 2.28. The highest BCUT2D eigenvalue weighted by Gasteiger charge is 2.28. The van der Waals surface area contributed by atoms with Crippen molar-refractivity contribution in [2.24, 2.45) is 0 Å². The molecule has 0 fully saturated rings. The fourth-order valence-corrected chi connectivity index (χ4v) is 4.74. The molecule has 0 atom stereocenters. The Morgan fingerprint density at radius 3 is 0.848 bits per heavy atom. The van der Waals surface area contributed by atoms with Gasteiger partial charge in [-0.25, -0.2) is 0 Å². The highest BCUT2D eigenvalue weighted by atomic mass is 14.3. The Morgan fingerprint density at radius 2 is 0.576 bits per heavy atom. The van der Waals surface area contributed by atoms with Crippen molar-refractivity contribution in [1.29, 1.82) is 0 Å². The molecule has 0 unspecified atom stereocenters. The van der Waals surface area contributed by atoms with Gasteiger partial charge in [-0.05, 0) is 78.7 Å². The first kappa shape index (κ1) is 21.2. The summed E-state index contributed by atoms with van der Waals surface area (Å²) in [5, 5.41) is 0. The van der Waals surface area contributed by atoms with E-state index in [9.17, 15) is 0 Å². The SMILES string of the molecule is Cc1ccc(C2=C(c3ccc(C)cc3)C(c3ccc(C)cc3)=C(c3ccc(C)cc3)C2)cc1. The Hall–Kier alpha value is -3.64. The molecule has 0 aromatic heterocycles. The minimum atomic E-state index is 0.929. The highest BCUT2D eigenvalue weighted by Crippen LogP contribution is 2.51. The summed E-state index contributed by atoms with van der Waals surface area (Å²) in [4.78, 5) is 0. The number of rotatable bonds is 4. The van der Waals surface area contributed by atoms with E-state index in [0.717, 1.165) is 6.42 Å². The summed E-state index contributed by atoms with van der Waals surface area (Å²) in [5.41, 5.74) is 15.9. The molecule has 0 amide bonds. The predicted molar refractivity (Wildman–Crippen MR) is 143 cm³/mol. The topological polar surface area (TPSA) is 0 Å². The molecule has 1 aliphatic rings. The van der Waals surface area contributed by atoms with Gasteiger partial charge in [0.1, 0.15) is 0 Å². The van der Waals surface area contributed by atoms with Gasteiger partial charge in [-0.1, -0.05) is 119 Å². The lowest BCUT2D eigenvalue weighted by Crippen LogP contribution is -1.93. The summed E-state index contributed by atoms with van der Waals surface area (Å²) in [5.74, 6) is 0. The molecule has 0 nitrogen and oxygen atoms in total. The van der Waals surface area contributed by atoms with E-state index in [1.165, 1.54) is 66.8 Å². The molecule has 0 bridgehead atoms. The number of hydrogen-bond acceptors (Lipinski definition) is 0. The average molecular weight is 427 g/mol. The van der Waals surface area contributed by atoms with Crippen molar-refractivity contribution in [2.45, 2.75) is 34.1 Å². The van der Waals surface area contributed by atoms with E-state index in [1.807, 2.05) is 0 Å². The molecule has 0 N–H and O–H groups in total. The lowest BCUT2D eigenvalue weighted by molar-refractivity contribution is 1.38. The van der Waals surface area contributed by atoms with Crippen LogP contribution in [0.25, 0.3) is 22.3 Å². The zero-order valence-corrected chi connectivity index (χ0v) is 19.9. The zero-order chi connectivity index (χ0) is 22.9. The van der Waals surface area contributed by atoms with Crippen molar-refractivity contribution < 1.29 is 0 Å². The molecule has 4 aromatic rings. The van der Waals surface area contributed by atoms with E-state index in [4.69, 9.17) is 0 Å². The average Bonchev–Trinajstić information content (AvgIpc) is 3.21. The molecule has 0 radical (unpaired) electrons. The van der Waals surface area contributed by atoms with Crippen LogP contribution in [0.1, 0.15) is 50.9 Å². The van der Waals surface area contributed by atoms with Crippen LogP contribution in [0.2, 0.25) is 0 Å². The van der Waals surface area contributed by atoms with Gasteiger partial charge >= 0.3 is 0 Å². The largest absolute Gasteiger partial charge is 0.0587 e. The minimum Gasteiger partial charge on any atom is -0.0587 e. The first-order valence-electron chi connectivity index (χ1n) is 11.7. The van der Waals surface area contributed by atoms with E-state index in [0.29, 0.717) is 0 Å². The van der Waals surface area contributed by atoms with Gasteiger partial charge < -0.3 is 0 Å². The van der Waals surface area contributed by atoms with Crippen LogP contribution in [0.3, 0.4) is 0 Å². The second kappa shape index (κ2) is 8.71. The molecule has 0 heterocycles. The number of hydrogen-bond donors (Lipinski definition) is 0. The van der Waals surface area contributed by atoms with E-state index in [-0.39, 0.29) is 0 Å². The first-order valence-corrected chi connectivity index (χ1v) is 11.7. The summed E-state index contributed by atoms with van der Waals surface area (Å²) in [6.07, 6.45) is 0.929. The van der Waals surface area contributed by atoms with Crippen LogP contribution in [0.4, 0.5) is 0 Å². The van der Waals surface area contributed by atoms with Gasteiger partial charge in [0.05, 0.1) is 0 Å². The quantitative estimate of drug-likeness (QED) is 0.306. The molecule has 4 aromatic carbocycles. The minimum absolute atomic E-state index is 0.929. The van der Waals surface area contributed by atoms with Gasteiger partial charge in [0.25, 0.3) is 0 Å². The fourth-order valence-electron chi connectivity index (χ4n) is 4.74. The Balaban J connectivity index is 1.80. The second-order valence-corrected chi connectivity index (χ2v) is 9.35. The van der Waals surface area contributed by atoms with Crippen LogP contribution >= 0.6 is 0 Å². The van der Waals surface area contributed by atoms with Crippen molar-refractivity contribution in [3.63, 3.8) is 0 Å². The number of aryl methyl sites for hydroxylation is 4. The van der Waals surface area contributed by atoms with Gasteiger partial charge in [0.2, 0.25) is 0 Å². The van der Waals surface area contributed by atoms with Crippen LogP contribution < -0.4 is 0 Å². The van der Waals surface area contributed by atoms with E-state index in [1.54, 1.807) is 0 Å². The third kappa shape index (κ3) is 4.22. The van der Waals surface area contributed by atoms with Gasteiger partial charge in [-0.3, -0.25) is 0 Å². The predicted octanol–water partition coefficient (Wildman–Crippen LogP) is 8.85. The molecule has 0 heteroatoms. The lowest BCUT2D eigenvalue weighted by atomic mass is 9.88. The molecular formula is C33H30. The molecule has 0 spiro atoms. The molecule has 0 saturated heterocycles. The van der Waals surface area contributed by atoms with Gasteiger partial charge in [0.15, 0.2) is 0 Å². The van der Waals surface area contributed by atoms with E-state index >= 15 is 0 Å². The molecule has 5 rings (SSSR count). The van der Waals surface area contributed by atoms with Crippen LogP contribution in [0.15, 0.2) is 97.1 Å². The monoisotopic (exact) mass is 426 g/mol. The summed E-state index contributed by atoms with van der Waals surface area (Å²) in [6, 6.07) is 36.1. The summed E-state index contributed by atoms with van der Waals surface area (Å²) < 4.78 is 0. The summed E-state index contributed by atoms with van der Waals surface area (Å²) >= 11 is 0. The Morgan fingerprint density at radius 1 is 0.333 bits per heavy atom. The van der Waals surface area contributed by atoms with Crippen molar-refractivity contribution in [3.8, 4) is 0 Å². The van der Waals surface area contributed by atoms with Crippen LogP contribution in [-0.2, 0) is 0 Å². The van der Waals surface area contributed by atoms with Gasteiger partial charge in [0, 0.05) is 0 Å².